The first-order valence-corrected chi connectivity index (χ1v) is 10.9. The number of nitrogens with zero attached hydrogens (tertiary/aromatic N) is 1. The van der Waals surface area contributed by atoms with Crippen LogP contribution in [0.3, 0.4) is 0 Å². The number of fused-ring (bicyclic) bond motifs is 11. The first-order valence-electron chi connectivity index (χ1n) is 10.9. The molecule has 4 heteroatoms. The molecule has 4 aromatic carbocycles. The average molecular weight is 425 g/mol. The van der Waals surface area contributed by atoms with Crippen LogP contribution in [-0.4, -0.2) is 4.98 Å². The van der Waals surface area contributed by atoms with E-state index in [1.54, 1.807) is 0 Å². The summed E-state index contributed by atoms with van der Waals surface area (Å²) >= 11 is 0. The molecule has 0 amide bonds. The van der Waals surface area contributed by atoms with E-state index in [9.17, 15) is 0 Å². The second-order valence-corrected chi connectivity index (χ2v) is 8.35. The molecular weight excluding hydrogens is 410 g/mol. The van der Waals surface area contributed by atoms with Crippen molar-refractivity contribution in [3.63, 3.8) is 0 Å². The summed E-state index contributed by atoms with van der Waals surface area (Å²) in [6.45, 7) is 0. The zero-order valence-electron chi connectivity index (χ0n) is 17.3. The van der Waals surface area contributed by atoms with E-state index < -0.39 is 0 Å². The van der Waals surface area contributed by atoms with Crippen molar-refractivity contribution in [1.29, 1.82) is 0 Å². The molecule has 0 saturated heterocycles. The maximum atomic E-state index is 6.53. The van der Waals surface area contributed by atoms with Gasteiger partial charge >= 0.3 is 0 Å². The Kier molecular flexibility index (Phi) is 3.11. The lowest BCUT2D eigenvalue weighted by Crippen LogP contribution is -1.81. The predicted octanol–water partition coefficient (Wildman–Crippen LogP) is 8.45. The van der Waals surface area contributed by atoms with Gasteiger partial charge in [-0.1, -0.05) is 36.4 Å². The molecule has 4 aromatic heterocycles. The van der Waals surface area contributed by atoms with Crippen molar-refractivity contribution in [3.05, 3.63) is 91.3 Å². The molecule has 0 atom stereocenters. The van der Waals surface area contributed by atoms with E-state index in [1.165, 1.54) is 0 Å². The highest BCUT2D eigenvalue weighted by molar-refractivity contribution is 6.33. The summed E-state index contributed by atoms with van der Waals surface area (Å²) in [5.74, 6) is 0. The van der Waals surface area contributed by atoms with Crippen LogP contribution in [0.15, 0.2) is 105 Å². The fourth-order valence-corrected chi connectivity index (χ4v) is 5.20. The van der Waals surface area contributed by atoms with Gasteiger partial charge in [0.1, 0.15) is 33.5 Å². The summed E-state index contributed by atoms with van der Waals surface area (Å²) in [4.78, 5) is 4.20. The summed E-state index contributed by atoms with van der Waals surface area (Å²) in [5.41, 5.74) is 7.14. The first-order chi connectivity index (χ1) is 16.4. The van der Waals surface area contributed by atoms with Gasteiger partial charge in [0.15, 0.2) is 0 Å². The van der Waals surface area contributed by atoms with Gasteiger partial charge in [0.05, 0.1) is 5.39 Å². The smallest absolute Gasteiger partial charge is 0.147 e. The minimum absolute atomic E-state index is 0.793. The number of hydrogen-bond acceptors (Lipinski definition) is 4. The Morgan fingerprint density at radius 3 is 1.91 bits per heavy atom. The Morgan fingerprint density at radius 1 is 0.485 bits per heavy atom. The SMILES string of the molecule is c1ccc2c(c1)oc1c2c(-c2ccncc2)cc2oc3ccc4oc5ccccc5c4c3c21. The largest absolute Gasteiger partial charge is 0.456 e. The monoisotopic (exact) mass is 425 g/mol. The molecule has 0 spiro atoms. The van der Waals surface area contributed by atoms with Crippen LogP contribution in [0.5, 0.6) is 0 Å². The van der Waals surface area contributed by atoms with Crippen molar-refractivity contribution in [1.82, 2.24) is 4.98 Å². The molecule has 0 aliphatic rings. The second kappa shape index (κ2) is 6.02. The third kappa shape index (κ3) is 2.17. The van der Waals surface area contributed by atoms with Crippen molar-refractivity contribution in [2.45, 2.75) is 0 Å². The molecule has 0 bridgehead atoms. The molecule has 8 rings (SSSR count). The molecule has 0 fully saturated rings. The Hall–Kier alpha value is -4.57. The predicted molar refractivity (Wildman–Crippen MR) is 132 cm³/mol. The van der Waals surface area contributed by atoms with E-state index in [1.807, 2.05) is 73.1 Å². The van der Waals surface area contributed by atoms with E-state index in [4.69, 9.17) is 13.3 Å². The minimum atomic E-state index is 0.793. The third-order valence-electron chi connectivity index (χ3n) is 6.58. The first kappa shape index (κ1) is 17.0. The van der Waals surface area contributed by atoms with Crippen molar-refractivity contribution in [3.8, 4) is 11.1 Å². The molecule has 0 N–H and O–H groups in total. The van der Waals surface area contributed by atoms with Gasteiger partial charge in [-0.15, -0.1) is 0 Å². The van der Waals surface area contributed by atoms with Gasteiger partial charge in [-0.05, 0) is 53.6 Å². The third-order valence-corrected chi connectivity index (χ3v) is 6.58. The van der Waals surface area contributed by atoms with Crippen LogP contribution < -0.4 is 0 Å². The Labute approximate surface area is 186 Å². The molecular formula is C29H15NO3. The van der Waals surface area contributed by atoms with Gasteiger partial charge in [0.25, 0.3) is 0 Å². The summed E-state index contributed by atoms with van der Waals surface area (Å²) in [6.07, 6.45) is 3.63. The van der Waals surface area contributed by atoms with E-state index >= 15 is 0 Å². The number of benzene rings is 4. The highest BCUT2D eigenvalue weighted by Crippen LogP contribution is 2.47. The molecule has 33 heavy (non-hydrogen) atoms. The quantitative estimate of drug-likeness (QED) is 0.265. The highest BCUT2D eigenvalue weighted by atomic mass is 16.3. The molecule has 0 radical (unpaired) electrons. The van der Waals surface area contributed by atoms with Crippen molar-refractivity contribution >= 4 is 65.8 Å². The summed E-state index contributed by atoms with van der Waals surface area (Å²) < 4.78 is 19.1. The van der Waals surface area contributed by atoms with Crippen molar-refractivity contribution in [2.24, 2.45) is 0 Å². The average Bonchev–Trinajstić information content (AvgIpc) is 3.54. The second-order valence-electron chi connectivity index (χ2n) is 8.35. The standard InChI is InChI=1S/C29H15NO3/c1-4-8-21-17(5-1)25-19(16-11-13-30-14-12-16)15-24-28(29(25)33-21)27-23(32-24)10-9-22-26(27)18-6-2-3-7-20(18)31-22/h1-15H. The van der Waals surface area contributed by atoms with Gasteiger partial charge < -0.3 is 13.3 Å². The van der Waals surface area contributed by atoms with Crippen LogP contribution in [0.1, 0.15) is 0 Å². The molecule has 8 aromatic rings. The number of para-hydroxylation sites is 2. The lowest BCUT2D eigenvalue weighted by atomic mass is 9.97. The molecule has 0 aliphatic heterocycles. The van der Waals surface area contributed by atoms with Crippen LogP contribution in [-0.2, 0) is 0 Å². The Morgan fingerprint density at radius 2 is 1.12 bits per heavy atom. The van der Waals surface area contributed by atoms with Crippen LogP contribution in [0.4, 0.5) is 0 Å². The number of hydrogen-bond donors (Lipinski definition) is 0. The highest BCUT2D eigenvalue weighted by Gasteiger charge is 2.23. The van der Waals surface area contributed by atoms with Crippen LogP contribution in [0.2, 0.25) is 0 Å². The normalized spacial score (nSPS) is 12.2. The summed E-state index contributed by atoms with van der Waals surface area (Å²) in [7, 11) is 0. The zero-order chi connectivity index (χ0) is 21.5. The minimum Gasteiger partial charge on any atom is -0.456 e. The van der Waals surface area contributed by atoms with Crippen molar-refractivity contribution < 1.29 is 13.3 Å². The lowest BCUT2D eigenvalue weighted by Gasteiger charge is -2.04. The fraction of sp³-hybridized carbons (Fsp3) is 0. The van der Waals surface area contributed by atoms with Gasteiger partial charge in [-0.2, -0.15) is 0 Å². The van der Waals surface area contributed by atoms with E-state index in [-0.39, 0.29) is 0 Å². The maximum Gasteiger partial charge on any atom is 0.147 e. The maximum absolute atomic E-state index is 6.53. The lowest BCUT2D eigenvalue weighted by molar-refractivity contribution is 0.660. The van der Waals surface area contributed by atoms with Gasteiger partial charge in [-0.3, -0.25) is 4.98 Å². The van der Waals surface area contributed by atoms with Crippen LogP contribution >= 0.6 is 0 Å². The molecule has 0 aliphatic carbocycles. The Balaban J connectivity index is 1.68. The number of furan rings is 3. The van der Waals surface area contributed by atoms with E-state index in [2.05, 4.69) is 23.2 Å². The number of rotatable bonds is 1. The number of aromatic nitrogens is 1. The van der Waals surface area contributed by atoms with Crippen molar-refractivity contribution in [2.75, 3.05) is 0 Å². The fourth-order valence-electron chi connectivity index (χ4n) is 5.20. The Bertz CT molecular complexity index is 2020. The van der Waals surface area contributed by atoms with Gasteiger partial charge in [0.2, 0.25) is 0 Å². The molecule has 0 saturated carbocycles. The molecule has 4 heterocycles. The van der Waals surface area contributed by atoms with E-state index in [0.717, 1.165) is 76.9 Å². The van der Waals surface area contributed by atoms with Gasteiger partial charge in [-0.25, -0.2) is 0 Å². The van der Waals surface area contributed by atoms with Crippen LogP contribution in [0, 0.1) is 0 Å². The van der Waals surface area contributed by atoms with E-state index in [0.29, 0.717) is 0 Å². The van der Waals surface area contributed by atoms with Crippen LogP contribution in [0.25, 0.3) is 76.9 Å². The summed E-state index contributed by atoms with van der Waals surface area (Å²) in [5, 5.41) is 6.30. The number of pyridine rings is 1. The zero-order valence-corrected chi connectivity index (χ0v) is 17.3. The molecule has 154 valence electrons. The molecule has 0 unspecified atom stereocenters. The molecule has 4 nitrogen and oxygen atoms in total. The van der Waals surface area contributed by atoms with Gasteiger partial charge in [0, 0.05) is 39.3 Å². The summed E-state index contributed by atoms with van der Waals surface area (Å²) in [6, 6.07) is 26.5. The topological polar surface area (TPSA) is 52.3 Å².